The van der Waals surface area contributed by atoms with Crippen molar-refractivity contribution in [3.8, 4) is 0 Å². The van der Waals surface area contributed by atoms with Crippen LogP contribution in [-0.4, -0.2) is 19.5 Å². The Bertz CT molecular complexity index is 342. The van der Waals surface area contributed by atoms with Crippen LogP contribution >= 0.6 is 0 Å². The molecule has 0 spiro atoms. The number of hydrogen-bond donors (Lipinski definition) is 1. The second-order valence-corrected chi connectivity index (χ2v) is 6.47. The molecule has 0 radical (unpaired) electrons. The quantitative estimate of drug-likeness (QED) is 0.827. The van der Waals surface area contributed by atoms with Gasteiger partial charge in [0.2, 0.25) is 0 Å². The zero-order valence-corrected chi connectivity index (χ0v) is 10.1. The molecule has 1 aliphatic rings. The summed E-state index contributed by atoms with van der Waals surface area (Å²) in [6, 6.07) is 0. The van der Waals surface area contributed by atoms with Crippen LogP contribution in [0.15, 0.2) is 0 Å². The molecule has 7 heteroatoms. The zero-order chi connectivity index (χ0) is 12.6. The van der Waals surface area contributed by atoms with Gasteiger partial charge in [-0.05, 0) is 38.5 Å². The van der Waals surface area contributed by atoms with Gasteiger partial charge in [-0.2, -0.15) is 13.2 Å². The predicted octanol–water partition coefficient (Wildman–Crippen LogP) is 2.39. The molecule has 0 aromatic carbocycles. The largest absolute Gasteiger partial charge is 0.511 e. The lowest BCUT2D eigenvalue weighted by atomic mass is 9.79. The number of nitrogens with one attached hydrogen (secondary N) is 1. The highest BCUT2D eigenvalue weighted by Crippen LogP contribution is 2.34. The van der Waals surface area contributed by atoms with Crippen LogP contribution in [0.4, 0.5) is 13.2 Å². The van der Waals surface area contributed by atoms with Gasteiger partial charge in [0.15, 0.2) is 0 Å². The minimum Gasteiger partial charge on any atom is -0.203 e. The zero-order valence-electron chi connectivity index (χ0n) is 9.26. The second kappa shape index (κ2) is 4.18. The van der Waals surface area contributed by atoms with Crippen molar-refractivity contribution in [1.82, 2.24) is 4.72 Å². The van der Waals surface area contributed by atoms with Gasteiger partial charge in [0.25, 0.3) is 0 Å². The summed E-state index contributed by atoms with van der Waals surface area (Å²) in [5.41, 5.74) is -6.18. The van der Waals surface area contributed by atoms with Crippen LogP contribution < -0.4 is 4.72 Å². The molecule has 0 unspecified atom stereocenters. The summed E-state index contributed by atoms with van der Waals surface area (Å²) in [6.45, 7) is 3.54. The highest BCUT2D eigenvalue weighted by Gasteiger charge is 2.49. The van der Waals surface area contributed by atoms with E-state index in [1.165, 1.54) is 6.92 Å². The van der Waals surface area contributed by atoms with Gasteiger partial charge in [-0.3, -0.25) is 0 Å². The maximum atomic E-state index is 12.2. The Morgan fingerprint density at radius 1 is 1.25 bits per heavy atom. The lowest BCUT2D eigenvalue weighted by molar-refractivity contribution is -0.0459. The molecule has 1 fully saturated rings. The van der Waals surface area contributed by atoms with Crippen molar-refractivity contribution in [2.45, 2.75) is 50.6 Å². The van der Waals surface area contributed by atoms with Crippen LogP contribution in [0.25, 0.3) is 0 Å². The Balaban J connectivity index is 2.74. The summed E-state index contributed by atoms with van der Waals surface area (Å²) in [7, 11) is -5.22. The molecule has 1 aliphatic carbocycles. The van der Waals surface area contributed by atoms with Gasteiger partial charge in [0, 0.05) is 5.54 Å². The highest BCUT2D eigenvalue weighted by atomic mass is 32.2. The van der Waals surface area contributed by atoms with Gasteiger partial charge in [-0.1, -0.05) is 6.92 Å². The summed E-state index contributed by atoms with van der Waals surface area (Å²) < 4.78 is 60.3. The molecule has 0 bridgehead atoms. The SMILES string of the molecule is CC1CCC(C)(NS(=O)(=O)C(F)(F)F)CC1. The molecule has 1 N–H and O–H groups in total. The number of sulfonamides is 1. The molecule has 1 rings (SSSR count). The number of rotatable bonds is 2. The molecule has 1 saturated carbocycles. The third kappa shape index (κ3) is 3.10. The third-order valence-corrected chi connectivity index (χ3v) is 4.43. The summed E-state index contributed by atoms with van der Waals surface area (Å²) >= 11 is 0. The Morgan fingerprint density at radius 2 is 1.69 bits per heavy atom. The maximum absolute atomic E-state index is 12.2. The van der Waals surface area contributed by atoms with Crippen molar-refractivity contribution in [3.05, 3.63) is 0 Å². The molecule has 0 aromatic heterocycles. The van der Waals surface area contributed by atoms with Crippen molar-refractivity contribution in [2.75, 3.05) is 0 Å². The van der Waals surface area contributed by atoms with Crippen LogP contribution in [0.1, 0.15) is 39.5 Å². The van der Waals surface area contributed by atoms with Crippen molar-refractivity contribution in [1.29, 1.82) is 0 Å². The van der Waals surface area contributed by atoms with Crippen molar-refractivity contribution in [2.24, 2.45) is 5.92 Å². The fourth-order valence-corrected chi connectivity index (χ4v) is 2.85. The van der Waals surface area contributed by atoms with E-state index >= 15 is 0 Å². The first kappa shape index (κ1) is 13.8. The van der Waals surface area contributed by atoms with Crippen molar-refractivity contribution >= 4 is 10.0 Å². The van der Waals surface area contributed by atoms with E-state index in [9.17, 15) is 21.6 Å². The Kier molecular flexibility index (Phi) is 3.59. The Hall–Kier alpha value is -0.300. The molecule has 0 amide bonds. The summed E-state index contributed by atoms with van der Waals surface area (Å²) in [6.07, 6.45) is 2.39. The lowest BCUT2D eigenvalue weighted by Crippen LogP contribution is -2.52. The molecule has 16 heavy (non-hydrogen) atoms. The number of alkyl halides is 3. The minimum atomic E-state index is -5.22. The molecule has 0 atom stereocenters. The summed E-state index contributed by atoms with van der Waals surface area (Å²) in [4.78, 5) is 0. The van der Waals surface area contributed by atoms with Crippen LogP contribution in [-0.2, 0) is 10.0 Å². The predicted molar refractivity (Wildman–Crippen MR) is 54.1 cm³/mol. The van der Waals surface area contributed by atoms with E-state index in [0.717, 1.165) is 12.8 Å². The average molecular weight is 259 g/mol. The van der Waals surface area contributed by atoms with Gasteiger partial charge in [-0.25, -0.2) is 13.1 Å². The van der Waals surface area contributed by atoms with E-state index in [1.807, 2.05) is 6.92 Å². The van der Waals surface area contributed by atoms with Gasteiger partial charge in [0.05, 0.1) is 0 Å². The molecule has 3 nitrogen and oxygen atoms in total. The molecule has 0 saturated heterocycles. The summed E-state index contributed by atoms with van der Waals surface area (Å²) in [5, 5.41) is 0. The smallest absolute Gasteiger partial charge is 0.203 e. The normalized spacial score (nSPS) is 32.7. The topological polar surface area (TPSA) is 46.2 Å². The van der Waals surface area contributed by atoms with Crippen LogP contribution in [0, 0.1) is 5.92 Å². The van der Waals surface area contributed by atoms with Gasteiger partial charge >= 0.3 is 15.5 Å². The first-order valence-corrected chi connectivity index (χ1v) is 6.64. The van der Waals surface area contributed by atoms with Crippen LogP contribution in [0.5, 0.6) is 0 Å². The van der Waals surface area contributed by atoms with Gasteiger partial charge < -0.3 is 0 Å². The fourth-order valence-electron chi connectivity index (χ4n) is 1.88. The average Bonchev–Trinajstić information content (AvgIpc) is 2.08. The highest BCUT2D eigenvalue weighted by molar-refractivity contribution is 7.90. The fraction of sp³-hybridized carbons (Fsp3) is 1.00. The third-order valence-electron chi connectivity index (χ3n) is 3.06. The van der Waals surface area contributed by atoms with Crippen molar-refractivity contribution < 1.29 is 21.6 Å². The summed E-state index contributed by atoms with van der Waals surface area (Å²) in [5.74, 6) is 0.448. The molecule has 0 aromatic rings. The molecule has 96 valence electrons. The van der Waals surface area contributed by atoms with E-state index in [-0.39, 0.29) is 0 Å². The van der Waals surface area contributed by atoms with E-state index < -0.39 is 21.1 Å². The van der Waals surface area contributed by atoms with Crippen LogP contribution in [0.2, 0.25) is 0 Å². The van der Waals surface area contributed by atoms with E-state index in [1.54, 1.807) is 4.72 Å². The molecule has 0 heterocycles. The molecule has 0 aliphatic heterocycles. The molecular weight excluding hydrogens is 243 g/mol. The van der Waals surface area contributed by atoms with E-state index in [0.29, 0.717) is 18.8 Å². The number of hydrogen-bond acceptors (Lipinski definition) is 2. The second-order valence-electron chi connectivity index (χ2n) is 4.79. The first-order chi connectivity index (χ1) is 7.06. The standard InChI is InChI=1S/C9H16F3NO2S/c1-7-3-5-8(2,6-4-7)13-16(14,15)9(10,11)12/h7,13H,3-6H2,1-2H3. The van der Waals surface area contributed by atoms with E-state index in [2.05, 4.69) is 0 Å². The van der Waals surface area contributed by atoms with Gasteiger partial charge in [-0.15, -0.1) is 0 Å². The first-order valence-electron chi connectivity index (χ1n) is 5.16. The Labute approximate surface area is 93.5 Å². The molecular formula is C9H16F3NO2S. The van der Waals surface area contributed by atoms with Gasteiger partial charge in [0.1, 0.15) is 0 Å². The monoisotopic (exact) mass is 259 g/mol. The van der Waals surface area contributed by atoms with E-state index in [4.69, 9.17) is 0 Å². The minimum absolute atomic E-state index is 0.448. The van der Waals surface area contributed by atoms with Crippen LogP contribution in [0.3, 0.4) is 0 Å². The lowest BCUT2D eigenvalue weighted by Gasteiger charge is -2.36. The Morgan fingerprint density at radius 3 is 2.06 bits per heavy atom. The van der Waals surface area contributed by atoms with Crippen molar-refractivity contribution in [3.63, 3.8) is 0 Å². The maximum Gasteiger partial charge on any atom is 0.511 e. The number of halogens is 3.